The summed E-state index contributed by atoms with van der Waals surface area (Å²) in [6.45, 7) is 0.313. The normalized spacial score (nSPS) is 10.2. The number of halogens is 1. The van der Waals surface area contributed by atoms with Crippen LogP contribution in [-0.2, 0) is 6.54 Å². The van der Waals surface area contributed by atoms with Crippen LogP contribution < -0.4 is 5.43 Å². The molecule has 0 aliphatic heterocycles. The van der Waals surface area contributed by atoms with Crippen molar-refractivity contribution in [1.82, 2.24) is 4.68 Å². The maximum Gasteiger partial charge on any atom is 0.272 e. The number of nitro groups is 1. The Morgan fingerprint density at radius 1 is 1.29 bits per heavy atom. The first kappa shape index (κ1) is 11.1. The molecule has 0 saturated carbocycles. The highest BCUT2D eigenvalue weighted by Gasteiger charge is 2.09. The molecule has 0 amide bonds. The average molecular weight is 235 g/mol. The van der Waals surface area contributed by atoms with E-state index in [4.69, 9.17) is 0 Å². The summed E-state index contributed by atoms with van der Waals surface area (Å²) < 4.78 is 14.8. The topological polar surface area (TPSA) is 60.1 Å². The van der Waals surface area contributed by atoms with Crippen LogP contribution in [0.15, 0.2) is 42.7 Å². The lowest BCUT2D eigenvalue weighted by atomic mass is 10.2. The van der Waals surface area contributed by atoms with Crippen LogP contribution >= 0.6 is 0 Å². The number of nitrogens with one attached hydrogen (secondary N) is 1. The molecule has 17 heavy (non-hydrogen) atoms. The lowest BCUT2D eigenvalue weighted by molar-refractivity contribution is -0.385. The number of nitro benzene ring substituents is 1. The smallest absolute Gasteiger partial charge is 0.272 e. The Labute approximate surface area is 96.6 Å². The fourth-order valence-corrected chi connectivity index (χ4v) is 1.46. The van der Waals surface area contributed by atoms with Crippen LogP contribution in [0.2, 0.25) is 0 Å². The summed E-state index contributed by atoms with van der Waals surface area (Å²) in [5.41, 5.74) is 3.24. The molecule has 88 valence electrons. The summed E-state index contributed by atoms with van der Waals surface area (Å²) >= 11 is 0. The third-order valence-electron chi connectivity index (χ3n) is 2.22. The van der Waals surface area contributed by atoms with Gasteiger partial charge in [0.2, 0.25) is 0 Å². The van der Waals surface area contributed by atoms with Gasteiger partial charge in [0.1, 0.15) is 5.82 Å². The lowest BCUT2D eigenvalue weighted by Crippen LogP contribution is -2.12. The maximum absolute atomic E-state index is 13.1. The van der Waals surface area contributed by atoms with E-state index in [1.807, 2.05) is 12.1 Å². The van der Waals surface area contributed by atoms with Crippen molar-refractivity contribution >= 4 is 5.69 Å². The highest BCUT2D eigenvalue weighted by molar-refractivity contribution is 5.35. The van der Waals surface area contributed by atoms with Crippen molar-refractivity contribution in [2.45, 2.75) is 6.54 Å². The lowest BCUT2D eigenvalue weighted by Gasteiger charge is -2.07. The number of aromatic nitrogens is 1. The first-order valence-corrected chi connectivity index (χ1v) is 4.96. The van der Waals surface area contributed by atoms with E-state index in [1.165, 1.54) is 12.1 Å². The van der Waals surface area contributed by atoms with Crippen LogP contribution in [0.1, 0.15) is 5.56 Å². The predicted molar refractivity (Wildman–Crippen MR) is 60.6 cm³/mol. The van der Waals surface area contributed by atoms with Crippen LogP contribution in [0.4, 0.5) is 10.1 Å². The van der Waals surface area contributed by atoms with Crippen molar-refractivity contribution < 1.29 is 9.31 Å². The van der Waals surface area contributed by atoms with E-state index >= 15 is 0 Å². The molecule has 5 nitrogen and oxygen atoms in total. The van der Waals surface area contributed by atoms with Gasteiger partial charge in [0.25, 0.3) is 5.69 Å². The third-order valence-corrected chi connectivity index (χ3v) is 2.22. The second-order valence-electron chi connectivity index (χ2n) is 3.50. The van der Waals surface area contributed by atoms with Crippen LogP contribution in [0, 0.1) is 15.9 Å². The molecular weight excluding hydrogens is 225 g/mol. The van der Waals surface area contributed by atoms with Crippen molar-refractivity contribution in [3.63, 3.8) is 0 Å². The number of rotatable bonds is 4. The van der Waals surface area contributed by atoms with E-state index < -0.39 is 10.7 Å². The van der Waals surface area contributed by atoms with Crippen LogP contribution in [0.3, 0.4) is 0 Å². The predicted octanol–water partition coefficient (Wildman–Crippen LogP) is 2.28. The molecule has 2 aromatic rings. The fourth-order valence-electron chi connectivity index (χ4n) is 1.46. The van der Waals surface area contributed by atoms with Gasteiger partial charge in [-0.05, 0) is 23.8 Å². The fraction of sp³-hybridized carbons (Fsp3) is 0.0909. The molecule has 0 saturated heterocycles. The Kier molecular flexibility index (Phi) is 3.04. The van der Waals surface area contributed by atoms with Crippen molar-refractivity contribution in [1.29, 1.82) is 0 Å². The molecule has 2 rings (SSSR count). The van der Waals surface area contributed by atoms with Crippen LogP contribution in [-0.4, -0.2) is 9.60 Å². The van der Waals surface area contributed by atoms with Crippen LogP contribution in [0.5, 0.6) is 0 Å². The molecule has 1 heterocycles. The molecule has 0 radical (unpaired) electrons. The van der Waals surface area contributed by atoms with Gasteiger partial charge < -0.3 is 5.43 Å². The molecule has 1 aromatic carbocycles. The summed E-state index contributed by atoms with van der Waals surface area (Å²) in [6, 6.07) is 7.18. The molecule has 0 aliphatic carbocycles. The Bertz CT molecular complexity index is 526. The first-order valence-electron chi connectivity index (χ1n) is 4.96. The average Bonchev–Trinajstić information content (AvgIpc) is 2.78. The van der Waals surface area contributed by atoms with Gasteiger partial charge in [0.05, 0.1) is 17.5 Å². The first-order chi connectivity index (χ1) is 8.15. The zero-order valence-corrected chi connectivity index (χ0v) is 8.84. The molecule has 1 aromatic heterocycles. The van der Waals surface area contributed by atoms with Gasteiger partial charge in [0.15, 0.2) is 0 Å². The van der Waals surface area contributed by atoms with E-state index in [0.29, 0.717) is 12.1 Å². The van der Waals surface area contributed by atoms with E-state index in [9.17, 15) is 14.5 Å². The minimum absolute atomic E-state index is 0.241. The molecule has 0 aliphatic rings. The van der Waals surface area contributed by atoms with E-state index in [0.717, 1.165) is 6.07 Å². The number of benzene rings is 1. The third kappa shape index (κ3) is 2.81. The zero-order valence-electron chi connectivity index (χ0n) is 8.84. The van der Waals surface area contributed by atoms with Crippen molar-refractivity contribution in [3.8, 4) is 0 Å². The summed E-state index contributed by atoms with van der Waals surface area (Å²) in [4.78, 5) is 9.94. The van der Waals surface area contributed by atoms with Gasteiger partial charge in [-0.25, -0.2) is 4.39 Å². The highest BCUT2D eigenvalue weighted by atomic mass is 19.1. The van der Waals surface area contributed by atoms with Gasteiger partial charge in [-0.3, -0.25) is 14.8 Å². The molecule has 0 unspecified atom stereocenters. The number of hydrogen-bond donors (Lipinski definition) is 1. The molecule has 1 N–H and O–H groups in total. The quantitative estimate of drug-likeness (QED) is 0.653. The van der Waals surface area contributed by atoms with Crippen molar-refractivity contribution in [3.05, 3.63) is 64.2 Å². The van der Waals surface area contributed by atoms with E-state index in [-0.39, 0.29) is 5.69 Å². The minimum atomic E-state index is -0.609. The number of non-ortho nitro benzene ring substituents is 1. The summed E-state index contributed by atoms with van der Waals surface area (Å²) in [5, 5.41) is 10.6. The van der Waals surface area contributed by atoms with Gasteiger partial charge in [-0.2, -0.15) is 0 Å². The Balaban J connectivity index is 2.13. The largest absolute Gasteiger partial charge is 0.322 e. The summed E-state index contributed by atoms with van der Waals surface area (Å²) in [5.74, 6) is -0.608. The second kappa shape index (κ2) is 4.65. The summed E-state index contributed by atoms with van der Waals surface area (Å²) in [7, 11) is 0. The summed E-state index contributed by atoms with van der Waals surface area (Å²) in [6.07, 6.45) is 3.57. The molecule has 6 heteroatoms. The molecule has 0 fully saturated rings. The highest BCUT2D eigenvalue weighted by Crippen LogP contribution is 2.16. The molecule has 0 atom stereocenters. The molecule has 0 bridgehead atoms. The maximum atomic E-state index is 13.1. The number of nitrogens with zero attached hydrogens (tertiary/aromatic N) is 2. The zero-order chi connectivity index (χ0) is 12.3. The minimum Gasteiger partial charge on any atom is -0.322 e. The van der Waals surface area contributed by atoms with Crippen molar-refractivity contribution in [2.24, 2.45) is 0 Å². The van der Waals surface area contributed by atoms with Crippen molar-refractivity contribution in [2.75, 3.05) is 5.43 Å². The number of hydrogen-bond acceptors (Lipinski definition) is 3. The van der Waals surface area contributed by atoms with E-state index in [2.05, 4.69) is 5.43 Å². The SMILES string of the molecule is O=[N+]([O-])c1cc(F)cc(CNn2cccc2)c1. The Morgan fingerprint density at radius 3 is 2.65 bits per heavy atom. The monoisotopic (exact) mass is 235 g/mol. The molecule has 0 spiro atoms. The van der Waals surface area contributed by atoms with Crippen LogP contribution in [0.25, 0.3) is 0 Å². The van der Waals surface area contributed by atoms with Gasteiger partial charge >= 0.3 is 0 Å². The molecular formula is C11H10FN3O2. The van der Waals surface area contributed by atoms with Gasteiger partial charge in [0, 0.05) is 18.5 Å². The van der Waals surface area contributed by atoms with Gasteiger partial charge in [-0.1, -0.05) is 0 Å². The Morgan fingerprint density at radius 2 is 2.00 bits per heavy atom. The van der Waals surface area contributed by atoms with Gasteiger partial charge in [-0.15, -0.1) is 0 Å². The second-order valence-corrected chi connectivity index (χ2v) is 3.50. The van der Waals surface area contributed by atoms with E-state index in [1.54, 1.807) is 17.1 Å². The standard InChI is InChI=1S/C11H10FN3O2/c12-10-5-9(6-11(7-10)15(16)17)8-13-14-3-1-2-4-14/h1-7,13H,8H2. The Hall–Kier alpha value is -2.37.